The number of hydrogen-bond acceptors (Lipinski definition) is 7. The summed E-state index contributed by atoms with van der Waals surface area (Å²) in [5.41, 5.74) is 3.35. The molecule has 0 aliphatic carbocycles. The minimum absolute atomic E-state index is 0.314. The van der Waals surface area contributed by atoms with Gasteiger partial charge in [0, 0.05) is 18.9 Å². The van der Waals surface area contributed by atoms with Crippen LogP contribution >= 0.6 is 23.1 Å². The van der Waals surface area contributed by atoms with Gasteiger partial charge >= 0.3 is 0 Å². The molecule has 3 aromatic rings. The summed E-state index contributed by atoms with van der Waals surface area (Å²) in [6.07, 6.45) is 2.60. The highest BCUT2D eigenvalue weighted by atomic mass is 32.2. The summed E-state index contributed by atoms with van der Waals surface area (Å²) >= 11 is 3.30. The molecule has 1 atom stereocenters. The lowest BCUT2D eigenvalue weighted by Gasteiger charge is -2.08. The van der Waals surface area contributed by atoms with Gasteiger partial charge in [-0.1, -0.05) is 29.2 Å². The third kappa shape index (κ3) is 3.71. The number of aromatic nitrogens is 4. The number of H-pyrrole nitrogens is 1. The summed E-state index contributed by atoms with van der Waals surface area (Å²) in [5, 5.41) is 12.7. The first-order chi connectivity index (χ1) is 11.8. The number of aryl methyl sites for hydroxylation is 1. The Hall–Kier alpha value is -1.64. The summed E-state index contributed by atoms with van der Waals surface area (Å²) in [4.78, 5) is 7.70. The van der Waals surface area contributed by atoms with E-state index in [1.54, 1.807) is 23.1 Å². The van der Waals surface area contributed by atoms with Gasteiger partial charge in [0.25, 0.3) is 0 Å². The number of anilines is 1. The van der Waals surface area contributed by atoms with E-state index in [-0.39, 0.29) is 0 Å². The zero-order valence-electron chi connectivity index (χ0n) is 13.4. The molecule has 1 aliphatic heterocycles. The smallest absolute Gasteiger partial charge is 0.206 e. The zero-order valence-corrected chi connectivity index (χ0v) is 15.0. The summed E-state index contributed by atoms with van der Waals surface area (Å²) in [6.45, 7) is 3.67. The molecular formula is C16H19N5OS2. The van der Waals surface area contributed by atoms with E-state index < -0.39 is 0 Å². The molecule has 0 spiro atoms. The fourth-order valence-electron chi connectivity index (χ4n) is 2.77. The number of nitrogens with one attached hydrogen (secondary N) is 2. The van der Waals surface area contributed by atoms with Gasteiger partial charge in [0.05, 0.1) is 17.1 Å². The van der Waals surface area contributed by atoms with Crippen LogP contribution in [-0.4, -0.2) is 39.4 Å². The van der Waals surface area contributed by atoms with Gasteiger partial charge in [0.15, 0.2) is 4.34 Å². The second-order valence-electron chi connectivity index (χ2n) is 5.85. The van der Waals surface area contributed by atoms with Gasteiger partial charge in [-0.05, 0) is 37.5 Å². The molecule has 126 valence electrons. The molecule has 2 aromatic heterocycles. The van der Waals surface area contributed by atoms with Crippen molar-refractivity contribution >= 4 is 39.3 Å². The largest absolute Gasteiger partial charge is 0.376 e. The van der Waals surface area contributed by atoms with Gasteiger partial charge in [-0.2, -0.15) is 0 Å². The van der Waals surface area contributed by atoms with Crippen LogP contribution in [0.4, 0.5) is 5.13 Å². The molecule has 0 amide bonds. The molecular weight excluding hydrogens is 342 g/mol. The van der Waals surface area contributed by atoms with E-state index in [0.717, 1.165) is 58.1 Å². The molecule has 1 unspecified atom stereocenters. The van der Waals surface area contributed by atoms with Gasteiger partial charge in [-0.15, -0.1) is 10.2 Å². The minimum atomic E-state index is 0.314. The number of fused-ring (bicyclic) bond motifs is 1. The number of rotatable bonds is 6. The Morgan fingerprint density at radius 3 is 3.25 bits per heavy atom. The Balaban J connectivity index is 1.33. The SMILES string of the molecule is Cc1nc2ccc(CSc3nnc(NCC4CCCO4)s3)cc2[nH]1. The van der Waals surface area contributed by atoms with Gasteiger partial charge in [0.2, 0.25) is 5.13 Å². The highest BCUT2D eigenvalue weighted by Gasteiger charge is 2.15. The third-order valence-electron chi connectivity index (χ3n) is 3.94. The van der Waals surface area contributed by atoms with Gasteiger partial charge < -0.3 is 15.0 Å². The lowest BCUT2D eigenvalue weighted by Crippen LogP contribution is -2.18. The Labute approximate surface area is 148 Å². The lowest BCUT2D eigenvalue weighted by atomic mass is 10.2. The molecule has 1 aromatic carbocycles. The summed E-state index contributed by atoms with van der Waals surface area (Å²) < 4.78 is 6.58. The average molecular weight is 361 g/mol. The molecule has 0 radical (unpaired) electrons. The average Bonchev–Trinajstić information content (AvgIpc) is 3.30. The van der Waals surface area contributed by atoms with Crippen molar-refractivity contribution < 1.29 is 4.74 Å². The molecule has 2 N–H and O–H groups in total. The van der Waals surface area contributed by atoms with Crippen LogP contribution in [0.5, 0.6) is 0 Å². The minimum Gasteiger partial charge on any atom is -0.376 e. The second-order valence-corrected chi connectivity index (χ2v) is 8.05. The van der Waals surface area contributed by atoms with Crippen LogP contribution in [0, 0.1) is 6.92 Å². The Kier molecular flexibility index (Phi) is 4.68. The molecule has 0 saturated carbocycles. The predicted octanol–water partition coefficient (Wildman–Crippen LogP) is 3.61. The summed E-state index contributed by atoms with van der Waals surface area (Å²) in [5.74, 6) is 1.81. The Bertz CT molecular complexity index is 825. The van der Waals surface area contributed by atoms with E-state index in [1.165, 1.54) is 5.56 Å². The molecule has 1 saturated heterocycles. The summed E-state index contributed by atoms with van der Waals surface area (Å²) in [7, 11) is 0. The first-order valence-corrected chi connectivity index (χ1v) is 9.83. The second kappa shape index (κ2) is 7.08. The highest BCUT2D eigenvalue weighted by Crippen LogP contribution is 2.29. The van der Waals surface area contributed by atoms with Crippen molar-refractivity contribution in [2.75, 3.05) is 18.5 Å². The Morgan fingerprint density at radius 2 is 2.38 bits per heavy atom. The molecule has 24 heavy (non-hydrogen) atoms. The topological polar surface area (TPSA) is 75.7 Å². The van der Waals surface area contributed by atoms with E-state index in [2.05, 4.69) is 43.7 Å². The van der Waals surface area contributed by atoms with E-state index in [1.807, 2.05) is 6.92 Å². The Morgan fingerprint density at radius 1 is 1.42 bits per heavy atom. The monoisotopic (exact) mass is 361 g/mol. The van der Waals surface area contributed by atoms with Crippen molar-refractivity contribution in [3.8, 4) is 0 Å². The van der Waals surface area contributed by atoms with Crippen molar-refractivity contribution in [2.24, 2.45) is 0 Å². The third-order valence-corrected chi connectivity index (χ3v) is 6.02. The molecule has 1 aliphatic rings. The number of benzene rings is 1. The van der Waals surface area contributed by atoms with E-state index >= 15 is 0 Å². The normalized spacial score (nSPS) is 17.6. The van der Waals surface area contributed by atoms with Crippen molar-refractivity contribution in [3.05, 3.63) is 29.6 Å². The molecule has 4 rings (SSSR count). The number of aromatic amines is 1. The number of nitrogens with zero attached hydrogens (tertiary/aromatic N) is 3. The fraction of sp³-hybridized carbons (Fsp3) is 0.438. The maximum Gasteiger partial charge on any atom is 0.206 e. The molecule has 6 nitrogen and oxygen atoms in total. The van der Waals surface area contributed by atoms with Crippen LogP contribution in [0.25, 0.3) is 11.0 Å². The molecule has 8 heteroatoms. The van der Waals surface area contributed by atoms with Crippen molar-refractivity contribution in [3.63, 3.8) is 0 Å². The molecule has 3 heterocycles. The number of imidazole rings is 1. The van der Waals surface area contributed by atoms with Gasteiger partial charge in [-0.3, -0.25) is 0 Å². The quantitative estimate of drug-likeness (QED) is 0.653. The maximum atomic E-state index is 5.60. The van der Waals surface area contributed by atoms with Crippen LogP contribution in [0.1, 0.15) is 24.2 Å². The van der Waals surface area contributed by atoms with E-state index in [0.29, 0.717) is 6.10 Å². The van der Waals surface area contributed by atoms with Crippen LogP contribution in [-0.2, 0) is 10.5 Å². The van der Waals surface area contributed by atoms with Crippen molar-refractivity contribution in [1.82, 2.24) is 20.2 Å². The van der Waals surface area contributed by atoms with Gasteiger partial charge in [-0.25, -0.2) is 4.98 Å². The van der Waals surface area contributed by atoms with Crippen molar-refractivity contribution in [1.29, 1.82) is 0 Å². The van der Waals surface area contributed by atoms with Crippen LogP contribution in [0.2, 0.25) is 0 Å². The summed E-state index contributed by atoms with van der Waals surface area (Å²) in [6, 6.07) is 6.33. The van der Waals surface area contributed by atoms with Crippen LogP contribution < -0.4 is 5.32 Å². The van der Waals surface area contributed by atoms with E-state index in [4.69, 9.17) is 4.74 Å². The first-order valence-electron chi connectivity index (χ1n) is 8.03. The fourth-order valence-corrected chi connectivity index (χ4v) is 4.47. The van der Waals surface area contributed by atoms with E-state index in [9.17, 15) is 0 Å². The standard InChI is InChI=1S/C16H19N5OS2/c1-10-18-13-5-4-11(7-14(13)19-10)9-23-16-21-20-15(24-16)17-8-12-3-2-6-22-12/h4-5,7,12H,2-3,6,8-9H2,1H3,(H,17,20)(H,18,19). The number of thioether (sulfide) groups is 1. The zero-order chi connectivity index (χ0) is 16.4. The highest BCUT2D eigenvalue weighted by molar-refractivity contribution is 8.00. The molecule has 0 bridgehead atoms. The number of hydrogen-bond donors (Lipinski definition) is 2. The predicted molar refractivity (Wildman–Crippen MR) is 97.8 cm³/mol. The molecule has 1 fully saturated rings. The van der Waals surface area contributed by atoms with Crippen LogP contribution in [0.3, 0.4) is 0 Å². The first kappa shape index (κ1) is 15.9. The number of ether oxygens (including phenoxy) is 1. The maximum absolute atomic E-state index is 5.60. The van der Waals surface area contributed by atoms with Gasteiger partial charge in [0.1, 0.15) is 5.82 Å². The lowest BCUT2D eigenvalue weighted by molar-refractivity contribution is 0.120. The van der Waals surface area contributed by atoms with Crippen LogP contribution in [0.15, 0.2) is 22.5 Å². The van der Waals surface area contributed by atoms with Crippen molar-refractivity contribution in [2.45, 2.75) is 36.0 Å².